The zero-order valence-corrected chi connectivity index (χ0v) is 14.7. The molecule has 26 heavy (non-hydrogen) atoms. The molecular formula is C17H17F3N2O3S. The number of amides is 1. The Morgan fingerprint density at radius 2 is 1.73 bits per heavy atom. The van der Waals surface area contributed by atoms with Crippen molar-refractivity contribution in [1.82, 2.24) is 4.31 Å². The molecule has 0 spiro atoms. The predicted molar refractivity (Wildman–Crippen MR) is 91.5 cm³/mol. The number of carbonyl (C=O) groups excluding carboxylic acids is 1. The van der Waals surface area contributed by atoms with Crippen LogP contribution in [0.3, 0.4) is 0 Å². The van der Waals surface area contributed by atoms with Crippen molar-refractivity contribution in [3.05, 3.63) is 65.5 Å². The predicted octanol–water partition coefficient (Wildman–Crippen LogP) is 2.55. The number of nitrogens with one attached hydrogen (secondary N) is 1. The maximum absolute atomic E-state index is 13.6. The van der Waals surface area contributed by atoms with Crippen LogP contribution in [0.1, 0.15) is 5.56 Å². The molecule has 0 aliphatic carbocycles. The molecular weight excluding hydrogens is 369 g/mol. The minimum atomic E-state index is -3.73. The summed E-state index contributed by atoms with van der Waals surface area (Å²) in [7, 11) is -3.73. The van der Waals surface area contributed by atoms with Crippen LogP contribution in [-0.2, 0) is 21.2 Å². The molecule has 0 heterocycles. The lowest BCUT2D eigenvalue weighted by Gasteiger charge is -2.19. The lowest BCUT2D eigenvalue weighted by atomic mass is 10.1. The molecule has 2 aromatic rings. The van der Waals surface area contributed by atoms with Crippen molar-refractivity contribution in [2.24, 2.45) is 0 Å². The maximum Gasteiger partial charge on any atom is 0.239 e. The average molecular weight is 386 g/mol. The Morgan fingerprint density at radius 1 is 1.04 bits per heavy atom. The van der Waals surface area contributed by atoms with Gasteiger partial charge < -0.3 is 5.32 Å². The van der Waals surface area contributed by atoms with E-state index < -0.39 is 39.9 Å². The third-order valence-electron chi connectivity index (χ3n) is 3.58. The molecule has 5 nitrogen and oxygen atoms in total. The fourth-order valence-corrected chi connectivity index (χ4v) is 3.02. The van der Waals surface area contributed by atoms with Gasteiger partial charge in [0.25, 0.3) is 0 Å². The molecule has 9 heteroatoms. The van der Waals surface area contributed by atoms with Gasteiger partial charge in [-0.15, -0.1) is 0 Å². The fraction of sp³-hybridized carbons (Fsp3) is 0.235. The van der Waals surface area contributed by atoms with Crippen molar-refractivity contribution in [2.75, 3.05) is 24.7 Å². The van der Waals surface area contributed by atoms with E-state index in [1.165, 1.54) is 18.2 Å². The van der Waals surface area contributed by atoms with E-state index in [-0.39, 0.29) is 18.7 Å². The number of anilines is 1. The molecule has 0 unspecified atom stereocenters. The summed E-state index contributed by atoms with van der Waals surface area (Å²) >= 11 is 0. The quantitative estimate of drug-likeness (QED) is 0.795. The summed E-state index contributed by atoms with van der Waals surface area (Å²) < 4.78 is 64.3. The van der Waals surface area contributed by atoms with E-state index in [0.717, 1.165) is 28.8 Å². The highest BCUT2D eigenvalue weighted by Gasteiger charge is 2.21. The molecule has 0 atom stereocenters. The highest BCUT2D eigenvalue weighted by atomic mass is 32.2. The van der Waals surface area contributed by atoms with E-state index in [2.05, 4.69) is 5.32 Å². The third-order valence-corrected chi connectivity index (χ3v) is 4.83. The Bertz CT molecular complexity index is 904. The summed E-state index contributed by atoms with van der Waals surface area (Å²) in [5.74, 6) is -3.39. The first-order chi connectivity index (χ1) is 12.2. The van der Waals surface area contributed by atoms with Crippen LogP contribution in [0.25, 0.3) is 0 Å². The molecule has 2 aromatic carbocycles. The average Bonchev–Trinajstić information content (AvgIpc) is 2.55. The lowest BCUT2D eigenvalue weighted by Crippen LogP contribution is -2.38. The summed E-state index contributed by atoms with van der Waals surface area (Å²) in [5, 5.41) is 2.30. The van der Waals surface area contributed by atoms with Gasteiger partial charge in [-0.3, -0.25) is 4.79 Å². The van der Waals surface area contributed by atoms with Crippen molar-refractivity contribution in [3.63, 3.8) is 0 Å². The Kier molecular flexibility index (Phi) is 6.38. The molecule has 0 aliphatic heterocycles. The molecule has 0 saturated heterocycles. The van der Waals surface area contributed by atoms with Gasteiger partial charge in [-0.2, -0.15) is 4.31 Å². The largest absolute Gasteiger partial charge is 0.325 e. The normalized spacial score (nSPS) is 11.6. The van der Waals surface area contributed by atoms with Gasteiger partial charge in [0.1, 0.15) is 5.82 Å². The van der Waals surface area contributed by atoms with Crippen molar-refractivity contribution >= 4 is 21.6 Å². The second-order valence-corrected chi connectivity index (χ2v) is 7.60. The van der Waals surface area contributed by atoms with E-state index in [1.807, 2.05) is 0 Å². The van der Waals surface area contributed by atoms with Gasteiger partial charge in [-0.05, 0) is 30.2 Å². The molecule has 1 N–H and O–H groups in total. The molecule has 0 bridgehead atoms. The van der Waals surface area contributed by atoms with Crippen molar-refractivity contribution in [1.29, 1.82) is 0 Å². The van der Waals surface area contributed by atoms with Crippen LogP contribution in [0.15, 0.2) is 42.5 Å². The van der Waals surface area contributed by atoms with Crippen LogP contribution in [0, 0.1) is 17.5 Å². The molecule has 0 aliphatic rings. The Labute approximate surface area is 149 Å². The molecule has 140 valence electrons. The van der Waals surface area contributed by atoms with Crippen molar-refractivity contribution in [3.8, 4) is 0 Å². The number of halogens is 3. The van der Waals surface area contributed by atoms with Crippen molar-refractivity contribution in [2.45, 2.75) is 6.42 Å². The molecule has 0 aromatic heterocycles. The summed E-state index contributed by atoms with van der Waals surface area (Å²) in [4.78, 5) is 12.0. The number of nitrogens with zero attached hydrogens (tertiary/aromatic N) is 1. The summed E-state index contributed by atoms with van der Waals surface area (Å²) in [5.41, 5.74) is 0.318. The van der Waals surface area contributed by atoms with Crippen LogP contribution >= 0.6 is 0 Å². The number of sulfonamides is 1. The van der Waals surface area contributed by atoms with Crippen LogP contribution < -0.4 is 5.32 Å². The first kappa shape index (κ1) is 19.9. The fourth-order valence-electron chi connectivity index (χ4n) is 2.24. The number of carbonyl (C=O) groups is 1. The Morgan fingerprint density at radius 3 is 2.35 bits per heavy atom. The van der Waals surface area contributed by atoms with E-state index in [9.17, 15) is 26.4 Å². The number of hydrogen-bond acceptors (Lipinski definition) is 3. The molecule has 1 amide bonds. The summed E-state index contributed by atoms with van der Waals surface area (Å²) in [6.07, 6.45) is 1.01. The molecule has 2 rings (SSSR count). The molecule has 0 radical (unpaired) electrons. The van der Waals surface area contributed by atoms with Gasteiger partial charge in [0.2, 0.25) is 15.9 Å². The first-order valence-corrected chi connectivity index (χ1v) is 9.45. The molecule has 0 fully saturated rings. The van der Waals surface area contributed by atoms with Gasteiger partial charge in [-0.1, -0.05) is 18.2 Å². The Hall–Kier alpha value is -2.39. The standard InChI is InChI=1S/C17H17F3N2O3S/c1-26(24,25)22(9-8-12-4-2-3-5-14(12)18)11-17(23)21-13-6-7-15(19)16(20)10-13/h2-7,10H,8-9,11H2,1H3,(H,21,23). The SMILES string of the molecule is CS(=O)(=O)N(CCc1ccccc1F)CC(=O)Nc1ccc(F)c(F)c1. The van der Waals surface area contributed by atoms with Gasteiger partial charge in [0.05, 0.1) is 12.8 Å². The summed E-state index contributed by atoms with van der Waals surface area (Å²) in [6.45, 7) is -0.642. The van der Waals surface area contributed by atoms with Crippen molar-refractivity contribution < 1.29 is 26.4 Å². The van der Waals surface area contributed by atoms with Gasteiger partial charge in [0.15, 0.2) is 11.6 Å². The van der Waals surface area contributed by atoms with E-state index in [0.29, 0.717) is 5.56 Å². The zero-order valence-electron chi connectivity index (χ0n) is 13.9. The number of benzene rings is 2. The van der Waals surface area contributed by atoms with E-state index in [4.69, 9.17) is 0 Å². The smallest absolute Gasteiger partial charge is 0.239 e. The minimum Gasteiger partial charge on any atom is -0.325 e. The van der Waals surface area contributed by atoms with E-state index in [1.54, 1.807) is 6.07 Å². The highest BCUT2D eigenvalue weighted by Crippen LogP contribution is 2.14. The zero-order chi connectivity index (χ0) is 19.3. The summed E-state index contributed by atoms with van der Waals surface area (Å²) in [6, 6.07) is 8.71. The minimum absolute atomic E-state index is 0.00328. The second-order valence-electron chi connectivity index (χ2n) is 5.62. The van der Waals surface area contributed by atoms with Crippen LogP contribution in [-0.4, -0.2) is 38.0 Å². The van der Waals surface area contributed by atoms with E-state index >= 15 is 0 Å². The first-order valence-electron chi connectivity index (χ1n) is 7.60. The van der Waals surface area contributed by atoms with Gasteiger partial charge in [0, 0.05) is 18.3 Å². The van der Waals surface area contributed by atoms with Gasteiger partial charge >= 0.3 is 0 Å². The van der Waals surface area contributed by atoms with Crippen LogP contribution in [0.5, 0.6) is 0 Å². The lowest BCUT2D eigenvalue weighted by molar-refractivity contribution is -0.116. The molecule has 0 saturated carbocycles. The maximum atomic E-state index is 13.6. The van der Waals surface area contributed by atoms with Gasteiger partial charge in [-0.25, -0.2) is 21.6 Å². The second kappa shape index (κ2) is 8.33. The highest BCUT2D eigenvalue weighted by molar-refractivity contribution is 7.88. The third kappa shape index (κ3) is 5.57. The van der Waals surface area contributed by atoms with Crippen LogP contribution in [0.4, 0.5) is 18.9 Å². The number of hydrogen-bond donors (Lipinski definition) is 1. The Balaban J connectivity index is 2.04. The monoisotopic (exact) mass is 386 g/mol. The van der Waals surface area contributed by atoms with Crippen LogP contribution in [0.2, 0.25) is 0 Å². The topological polar surface area (TPSA) is 66.5 Å². The number of rotatable bonds is 7.